The molecule has 0 aromatic rings. The largest absolute Gasteiger partial charge is 0.385 e. The summed E-state index contributed by atoms with van der Waals surface area (Å²) in [6.45, 7) is 4.17. The van der Waals surface area contributed by atoms with Gasteiger partial charge in [0.05, 0.1) is 0 Å². The summed E-state index contributed by atoms with van der Waals surface area (Å²) in [5, 5.41) is 3.50. The average molecular weight is 191 g/mol. The zero-order chi connectivity index (χ0) is 9.23. The first-order valence-electron chi connectivity index (χ1n) is 4.56. The van der Waals surface area contributed by atoms with Crippen molar-refractivity contribution in [3.05, 3.63) is 0 Å². The Morgan fingerprint density at radius 3 is 2.75 bits per heavy atom. The van der Waals surface area contributed by atoms with Gasteiger partial charge in [-0.1, -0.05) is 6.92 Å². The van der Waals surface area contributed by atoms with Crippen LogP contribution >= 0.6 is 11.8 Å². The number of hydrogen-bond acceptors (Lipinski definition) is 3. The van der Waals surface area contributed by atoms with Crippen LogP contribution in [0.2, 0.25) is 0 Å². The lowest BCUT2D eigenvalue weighted by Crippen LogP contribution is -2.31. The minimum Gasteiger partial charge on any atom is -0.385 e. The molecule has 12 heavy (non-hydrogen) atoms. The highest BCUT2D eigenvalue weighted by Crippen LogP contribution is 2.00. The van der Waals surface area contributed by atoms with Crippen molar-refractivity contribution < 1.29 is 4.74 Å². The van der Waals surface area contributed by atoms with Crippen LogP contribution in [0.1, 0.15) is 19.8 Å². The molecule has 1 N–H and O–H groups in total. The van der Waals surface area contributed by atoms with Crippen molar-refractivity contribution in [1.29, 1.82) is 0 Å². The van der Waals surface area contributed by atoms with Crippen LogP contribution in [0, 0.1) is 0 Å². The summed E-state index contributed by atoms with van der Waals surface area (Å²) in [7, 11) is 1.75. The summed E-state index contributed by atoms with van der Waals surface area (Å²) in [5.41, 5.74) is 0. The fourth-order valence-corrected chi connectivity index (χ4v) is 1.80. The minimum absolute atomic E-state index is 0.678. The number of nitrogens with one attached hydrogen (secondary N) is 1. The fourth-order valence-electron chi connectivity index (χ4n) is 1.04. The molecule has 0 aliphatic heterocycles. The number of ether oxygens (including phenoxy) is 1. The van der Waals surface area contributed by atoms with Gasteiger partial charge >= 0.3 is 0 Å². The van der Waals surface area contributed by atoms with Gasteiger partial charge in [0.2, 0.25) is 0 Å². The van der Waals surface area contributed by atoms with E-state index in [9.17, 15) is 0 Å². The fraction of sp³-hybridized carbons (Fsp3) is 1.00. The number of thioether (sulfide) groups is 1. The van der Waals surface area contributed by atoms with Gasteiger partial charge in [-0.05, 0) is 25.6 Å². The standard InChI is InChI=1S/C9H21NOS/c1-4-9(8-12-3)10-6-5-7-11-2/h9-10H,4-8H2,1-3H3. The van der Waals surface area contributed by atoms with E-state index in [0.29, 0.717) is 6.04 Å². The topological polar surface area (TPSA) is 21.3 Å². The molecule has 0 aliphatic carbocycles. The molecule has 0 saturated heterocycles. The van der Waals surface area contributed by atoms with Gasteiger partial charge in [0, 0.05) is 25.5 Å². The summed E-state index contributed by atoms with van der Waals surface area (Å²) in [4.78, 5) is 0. The van der Waals surface area contributed by atoms with E-state index in [4.69, 9.17) is 4.74 Å². The van der Waals surface area contributed by atoms with Crippen LogP contribution in [0.3, 0.4) is 0 Å². The molecule has 1 atom stereocenters. The molecule has 0 rings (SSSR count). The Morgan fingerprint density at radius 2 is 2.25 bits per heavy atom. The molecule has 0 aromatic carbocycles. The molecule has 3 heteroatoms. The van der Waals surface area contributed by atoms with Gasteiger partial charge < -0.3 is 10.1 Å². The second kappa shape index (κ2) is 9.36. The third kappa shape index (κ3) is 6.95. The molecule has 1 unspecified atom stereocenters. The highest BCUT2D eigenvalue weighted by molar-refractivity contribution is 7.98. The highest BCUT2D eigenvalue weighted by atomic mass is 32.2. The van der Waals surface area contributed by atoms with Crippen LogP contribution in [0.5, 0.6) is 0 Å². The molecule has 0 saturated carbocycles. The average Bonchev–Trinajstić information content (AvgIpc) is 2.10. The number of methoxy groups -OCH3 is 1. The monoisotopic (exact) mass is 191 g/mol. The maximum atomic E-state index is 4.97. The Labute approximate surface area is 80.4 Å². The van der Waals surface area contributed by atoms with Crippen LogP contribution < -0.4 is 5.32 Å². The second-order valence-corrected chi connectivity index (χ2v) is 3.77. The number of rotatable bonds is 8. The molecular weight excluding hydrogens is 170 g/mol. The molecule has 0 radical (unpaired) electrons. The summed E-state index contributed by atoms with van der Waals surface area (Å²) in [6.07, 6.45) is 4.48. The van der Waals surface area contributed by atoms with E-state index in [-0.39, 0.29) is 0 Å². The molecule has 0 amide bonds. The third-order valence-electron chi connectivity index (χ3n) is 1.82. The summed E-state index contributed by atoms with van der Waals surface area (Å²) in [5.74, 6) is 1.21. The lowest BCUT2D eigenvalue weighted by atomic mass is 10.2. The van der Waals surface area contributed by atoms with Gasteiger partial charge in [0.15, 0.2) is 0 Å². The van der Waals surface area contributed by atoms with Gasteiger partial charge in [-0.25, -0.2) is 0 Å². The molecule has 2 nitrogen and oxygen atoms in total. The first-order valence-corrected chi connectivity index (χ1v) is 5.95. The molecule has 0 spiro atoms. The van der Waals surface area contributed by atoms with E-state index in [2.05, 4.69) is 18.5 Å². The first-order chi connectivity index (χ1) is 5.85. The third-order valence-corrected chi connectivity index (χ3v) is 2.55. The maximum absolute atomic E-state index is 4.97. The van der Waals surface area contributed by atoms with Crippen molar-refractivity contribution in [2.75, 3.05) is 32.3 Å². The quantitative estimate of drug-likeness (QED) is 0.591. The van der Waals surface area contributed by atoms with Gasteiger partial charge in [-0.15, -0.1) is 0 Å². The molecule has 0 bridgehead atoms. The Hall–Kier alpha value is 0.270. The van der Waals surface area contributed by atoms with E-state index in [1.54, 1.807) is 7.11 Å². The van der Waals surface area contributed by atoms with Crippen molar-refractivity contribution in [3.63, 3.8) is 0 Å². The molecule has 0 heterocycles. The molecule has 0 aliphatic rings. The summed E-state index contributed by atoms with van der Waals surface area (Å²) < 4.78 is 4.97. The van der Waals surface area contributed by atoms with Crippen molar-refractivity contribution in [2.24, 2.45) is 0 Å². The van der Waals surface area contributed by atoms with Gasteiger partial charge in [0.25, 0.3) is 0 Å². The zero-order valence-corrected chi connectivity index (χ0v) is 9.25. The van der Waals surface area contributed by atoms with Crippen LogP contribution in [-0.2, 0) is 4.74 Å². The molecule has 0 aromatic heterocycles. The highest BCUT2D eigenvalue weighted by Gasteiger charge is 2.02. The Morgan fingerprint density at radius 1 is 1.50 bits per heavy atom. The van der Waals surface area contributed by atoms with E-state index >= 15 is 0 Å². The van der Waals surface area contributed by atoms with E-state index in [0.717, 1.165) is 19.6 Å². The minimum atomic E-state index is 0.678. The smallest absolute Gasteiger partial charge is 0.0474 e. The van der Waals surface area contributed by atoms with Crippen molar-refractivity contribution in [3.8, 4) is 0 Å². The van der Waals surface area contributed by atoms with Crippen molar-refractivity contribution in [1.82, 2.24) is 5.32 Å². The normalized spacial score (nSPS) is 13.2. The lowest BCUT2D eigenvalue weighted by Gasteiger charge is -2.15. The second-order valence-electron chi connectivity index (χ2n) is 2.86. The molecule has 74 valence electrons. The summed E-state index contributed by atoms with van der Waals surface area (Å²) in [6, 6.07) is 0.678. The van der Waals surface area contributed by atoms with Crippen LogP contribution in [0.25, 0.3) is 0 Å². The van der Waals surface area contributed by atoms with Gasteiger partial charge in [0.1, 0.15) is 0 Å². The molecular formula is C9H21NOS. The van der Waals surface area contributed by atoms with E-state index in [1.165, 1.54) is 12.2 Å². The van der Waals surface area contributed by atoms with Crippen LogP contribution in [0.4, 0.5) is 0 Å². The van der Waals surface area contributed by atoms with Crippen molar-refractivity contribution in [2.45, 2.75) is 25.8 Å². The van der Waals surface area contributed by atoms with Crippen LogP contribution in [-0.4, -0.2) is 38.3 Å². The van der Waals surface area contributed by atoms with Crippen LogP contribution in [0.15, 0.2) is 0 Å². The van der Waals surface area contributed by atoms with Gasteiger partial charge in [-0.2, -0.15) is 11.8 Å². The Balaban J connectivity index is 3.19. The summed E-state index contributed by atoms with van der Waals surface area (Å²) >= 11 is 1.90. The first kappa shape index (κ1) is 12.3. The van der Waals surface area contributed by atoms with Crippen molar-refractivity contribution >= 4 is 11.8 Å². The lowest BCUT2D eigenvalue weighted by molar-refractivity contribution is 0.193. The van der Waals surface area contributed by atoms with E-state index < -0.39 is 0 Å². The number of hydrogen-bond donors (Lipinski definition) is 1. The van der Waals surface area contributed by atoms with Gasteiger partial charge in [-0.3, -0.25) is 0 Å². The Kier molecular flexibility index (Phi) is 9.57. The predicted octanol–water partition coefficient (Wildman–Crippen LogP) is 1.75. The predicted molar refractivity (Wildman–Crippen MR) is 57.0 cm³/mol. The molecule has 0 fully saturated rings. The maximum Gasteiger partial charge on any atom is 0.0474 e. The zero-order valence-electron chi connectivity index (χ0n) is 8.43. The van der Waals surface area contributed by atoms with E-state index in [1.807, 2.05) is 11.8 Å². The Bertz CT molecular complexity index is 90.6. The SMILES string of the molecule is CCC(CSC)NCCCOC.